The van der Waals surface area contributed by atoms with Gasteiger partial charge in [-0.25, -0.2) is 0 Å². The van der Waals surface area contributed by atoms with Crippen molar-refractivity contribution in [1.29, 1.82) is 0 Å². The monoisotopic (exact) mass is 188 g/mol. The summed E-state index contributed by atoms with van der Waals surface area (Å²) in [5.74, 6) is 0.0574. The number of carbonyl (C=O) groups excluding carboxylic acids is 1. The summed E-state index contributed by atoms with van der Waals surface area (Å²) < 4.78 is 5.23. The summed E-state index contributed by atoms with van der Waals surface area (Å²) in [6.07, 6.45) is 1.03. The van der Waals surface area contributed by atoms with Gasteiger partial charge in [0.15, 0.2) is 0 Å². The zero-order chi connectivity index (χ0) is 9.52. The molecule has 13 heavy (non-hydrogen) atoms. The van der Waals surface area contributed by atoms with Crippen molar-refractivity contribution in [2.24, 2.45) is 0 Å². The van der Waals surface area contributed by atoms with E-state index in [9.17, 15) is 4.79 Å². The van der Waals surface area contributed by atoms with Crippen molar-refractivity contribution in [3.05, 3.63) is 0 Å². The lowest BCUT2D eigenvalue weighted by molar-refractivity contribution is -0.118. The van der Waals surface area contributed by atoms with E-state index in [2.05, 4.69) is 10.2 Å². The van der Waals surface area contributed by atoms with Gasteiger partial charge in [0, 0.05) is 28.0 Å². The van der Waals surface area contributed by atoms with Gasteiger partial charge in [-0.2, -0.15) is 0 Å². The van der Waals surface area contributed by atoms with Gasteiger partial charge in [-0.05, 0) is 13.0 Å². The van der Waals surface area contributed by atoms with E-state index in [1.165, 1.54) is 0 Å². The standard InChI is InChI=1S/C9H18N2O2.H2/c1-9(12)10-3-2-4-11-5-7-13-8-6-11;/h2-8H2,1H3,(H,10,12);1H. The molecular weight excluding hydrogens is 168 g/mol. The Balaban J connectivity index is 0.00000169. The first-order valence-electron chi connectivity index (χ1n) is 4.83. The number of nitrogens with one attached hydrogen (secondary N) is 1. The van der Waals surface area contributed by atoms with E-state index in [0.717, 1.165) is 45.8 Å². The highest BCUT2D eigenvalue weighted by Gasteiger charge is 2.08. The van der Waals surface area contributed by atoms with Crippen LogP contribution in [0.1, 0.15) is 14.8 Å². The van der Waals surface area contributed by atoms with Crippen molar-refractivity contribution in [2.75, 3.05) is 39.4 Å². The van der Waals surface area contributed by atoms with E-state index in [1.54, 1.807) is 6.92 Å². The summed E-state index contributed by atoms with van der Waals surface area (Å²) >= 11 is 0. The van der Waals surface area contributed by atoms with Crippen LogP contribution in [0.4, 0.5) is 0 Å². The second kappa shape index (κ2) is 5.94. The molecule has 1 aliphatic heterocycles. The molecular formula is C9H20N2O2. The molecule has 0 radical (unpaired) electrons. The molecule has 1 rings (SSSR count). The molecule has 1 amide bonds. The molecule has 1 heterocycles. The lowest BCUT2D eigenvalue weighted by atomic mass is 10.3. The van der Waals surface area contributed by atoms with E-state index < -0.39 is 0 Å². The first kappa shape index (κ1) is 10.5. The molecule has 4 heteroatoms. The second-order valence-electron chi connectivity index (χ2n) is 3.29. The molecule has 1 saturated heterocycles. The van der Waals surface area contributed by atoms with Crippen molar-refractivity contribution >= 4 is 5.91 Å². The summed E-state index contributed by atoms with van der Waals surface area (Å²) in [6.45, 7) is 7.14. The molecule has 1 N–H and O–H groups in total. The molecule has 1 fully saturated rings. The number of ether oxygens (including phenoxy) is 1. The Morgan fingerprint density at radius 1 is 1.54 bits per heavy atom. The lowest BCUT2D eigenvalue weighted by Crippen LogP contribution is -2.38. The molecule has 0 saturated carbocycles. The zero-order valence-corrected chi connectivity index (χ0v) is 8.21. The molecule has 0 aliphatic carbocycles. The van der Waals surface area contributed by atoms with Crippen molar-refractivity contribution in [1.82, 2.24) is 10.2 Å². The first-order chi connectivity index (χ1) is 6.29. The first-order valence-corrected chi connectivity index (χ1v) is 4.83. The number of rotatable bonds is 4. The Hall–Kier alpha value is -0.610. The van der Waals surface area contributed by atoms with Crippen LogP contribution in [-0.2, 0) is 9.53 Å². The minimum atomic E-state index is 0. The van der Waals surface area contributed by atoms with Crippen LogP contribution in [0.5, 0.6) is 0 Å². The maximum atomic E-state index is 10.6. The van der Waals surface area contributed by atoms with Crippen LogP contribution < -0.4 is 5.32 Å². The third-order valence-corrected chi connectivity index (χ3v) is 2.13. The molecule has 0 bridgehead atoms. The Labute approximate surface area is 80.7 Å². The van der Waals surface area contributed by atoms with Gasteiger partial charge in [-0.1, -0.05) is 0 Å². The predicted molar refractivity (Wildman–Crippen MR) is 52.7 cm³/mol. The molecule has 0 unspecified atom stereocenters. The highest BCUT2D eigenvalue weighted by atomic mass is 16.5. The van der Waals surface area contributed by atoms with Gasteiger partial charge in [0.1, 0.15) is 0 Å². The molecule has 0 aromatic carbocycles. The van der Waals surface area contributed by atoms with Crippen molar-refractivity contribution in [3.63, 3.8) is 0 Å². The minimum Gasteiger partial charge on any atom is -0.379 e. The van der Waals surface area contributed by atoms with Gasteiger partial charge >= 0.3 is 0 Å². The Morgan fingerprint density at radius 2 is 2.23 bits per heavy atom. The number of carbonyl (C=O) groups is 1. The van der Waals surface area contributed by atoms with Gasteiger partial charge in [-0.3, -0.25) is 9.69 Å². The average Bonchev–Trinajstić information content (AvgIpc) is 2.14. The van der Waals surface area contributed by atoms with E-state index in [4.69, 9.17) is 4.74 Å². The number of hydrogen-bond donors (Lipinski definition) is 1. The van der Waals surface area contributed by atoms with Gasteiger partial charge in [0.2, 0.25) is 5.91 Å². The molecule has 4 nitrogen and oxygen atoms in total. The fraction of sp³-hybridized carbons (Fsp3) is 0.889. The summed E-state index contributed by atoms with van der Waals surface area (Å²) in [4.78, 5) is 12.9. The molecule has 0 spiro atoms. The average molecular weight is 188 g/mol. The molecule has 0 atom stereocenters. The highest BCUT2D eigenvalue weighted by Crippen LogP contribution is 1.96. The summed E-state index contributed by atoms with van der Waals surface area (Å²) in [5.41, 5.74) is 0. The van der Waals surface area contributed by atoms with Crippen LogP contribution >= 0.6 is 0 Å². The normalized spacial score (nSPS) is 18.5. The largest absolute Gasteiger partial charge is 0.379 e. The predicted octanol–water partition coefficient (Wildman–Crippen LogP) is 0.0908. The molecule has 0 aromatic rings. The number of hydrogen-bond acceptors (Lipinski definition) is 3. The van der Waals surface area contributed by atoms with Crippen LogP contribution in [0.25, 0.3) is 0 Å². The van der Waals surface area contributed by atoms with Gasteiger partial charge in [0.05, 0.1) is 13.2 Å². The van der Waals surface area contributed by atoms with E-state index in [0.29, 0.717) is 0 Å². The van der Waals surface area contributed by atoms with E-state index in [1.807, 2.05) is 0 Å². The quantitative estimate of drug-likeness (QED) is 0.636. The molecule has 1 aliphatic rings. The maximum absolute atomic E-state index is 10.6. The van der Waals surface area contributed by atoms with Crippen LogP contribution in [0.2, 0.25) is 0 Å². The summed E-state index contributed by atoms with van der Waals surface area (Å²) in [6, 6.07) is 0. The zero-order valence-electron chi connectivity index (χ0n) is 8.21. The van der Waals surface area contributed by atoms with Gasteiger partial charge in [0.25, 0.3) is 0 Å². The van der Waals surface area contributed by atoms with Crippen molar-refractivity contribution in [3.8, 4) is 0 Å². The van der Waals surface area contributed by atoms with Gasteiger partial charge in [-0.15, -0.1) is 0 Å². The third-order valence-electron chi connectivity index (χ3n) is 2.13. The summed E-state index contributed by atoms with van der Waals surface area (Å²) in [7, 11) is 0. The smallest absolute Gasteiger partial charge is 0.216 e. The Morgan fingerprint density at radius 3 is 2.85 bits per heavy atom. The fourth-order valence-electron chi connectivity index (χ4n) is 1.39. The number of morpholine rings is 1. The fourth-order valence-corrected chi connectivity index (χ4v) is 1.39. The minimum absolute atomic E-state index is 0. The topological polar surface area (TPSA) is 41.6 Å². The van der Waals surface area contributed by atoms with Crippen LogP contribution in [0.3, 0.4) is 0 Å². The number of nitrogens with zero attached hydrogens (tertiary/aromatic N) is 1. The molecule has 0 aromatic heterocycles. The maximum Gasteiger partial charge on any atom is 0.216 e. The lowest BCUT2D eigenvalue weighted by Gasteiger charge is -2.26. The third kappa shape index (κ3) is 4.85. The second-order valence-corrected chi connectivity index (χ2v) is 3.29. The van der Waals surface area contributed by atoms with Gasteiger partial charge < -0.3 is 10.1 Å². The van der Waals surface area contributed by atoms with Crippen LogP contribution in [-0.4, -0.2) is 50.2 Å². The SMILES string of the molecule is CC(=O)NCCCN1CCOCC1.[HH]. The van der Waals surface area contributed by atoms with Crippen molar-refractivity contribution < 1.29 is 11.0 Å². The number of amides is 1. The summed E-state index contributed by atoms with van der Waals surface area (Å²) in [5, 5.41) is 2.79. The van der Waals surface area contributed by atoms with Crippen molar-refractivity contribution in [2.45, 2.75) is 13.3 Å². The molecule has 78 valence electrons. The Bertz CT molecular complexity index is 161. The van der Waals surface area contributed by atoms with E-state index >= 15 is 0 Å². The Kier molecular flexibility index (Phi) is 4.78. The van der Waals surface area contributed by atoms with E-state index in [-0.39, 0.29) is 7.33 Å². The van der Waals surface area contributed by atoms with Crippen LogP contribution in [0, 0.1) is 0 Å². The van der Waals surface area contributed by atoms with Crippen LogP contribution in [0.15, 0.2) is 0 Å². The highest BCUT2D eigenvalue weighted by molar-refractivity contribution is 5.72.